The van der Waals surface area contributed by atoms with Crippen LogP contribution in [-0.2, 0) is 0 Å². The van der Waals surface area contributed by atoms with E-state index in [1.165, 1.54) is 0 Å². The predicted molar refractivity (Wildman–Crippen MR) is 75.7 cm³/mol. The summed E-state index contributed by atoms with van der Waals surface area (Å²) in [5.41, 5.74) is 2.38. The highest BCUT2D eigenvalue weighted by atomic mass is 35.5. The van der Waals surface area contributed by atoms with E-state index in [4.69, 9.17) is 16.9 Å². The van der Waals surface area contributed by atoms with Gasteiger partial charge in [0, 0.05) is 5.38 Å². The van der Waals surface area contributed by atoms with Crippen molar-refractivity contribution in [3.63, 3.8) is 0 Å². The molecule has 5 heteroatoms. The third-order valence-corrected chi connectivity index (χ3v) is 3.54. The molecule has 0 aliphatic heterocycles. The molecule has 0 saturated heterocycles. The zero-order chi connectivity index (χ0) is 13.1. The summed E-state index contributed by atoms with van der Waals surface area (Å²) < 4.78 is 0. The van der Waals surface area contributed by atoms with Gasteiger partial charge in [-0.1, -0.05) is 25.4 Å². The van der Waals surface area contributed by atoms with E-state index in [0.29, 0.717) is 16.5 Å². The molecule has 0 radical (unpaired) electrons. The number of halogens is 1. The van der Waals surface area contributed by atoms with Gasteiger partial charge in [0.05, 0.1) is 28.0 Å². The Bertz CT molecular complexity index is 599. The van der Waals surface area contributed by atoms with E-state index in [-0.39, 0.29) is 0 Å². The summed E-state index contributed by atoms with van der Waals surface area (Å²) in [5, 5.41) is 15.3. The molecule has 1 N–H and O–H groups in total. The van der Waals surface area contributed by atoms with Crippen LogP contribution in [0.2, 0.25) is 5.02 Å². The van der Waals surface area contributed by atoms with Crippen LogP contribution in [0, 0.1) is 11.3 Å². The van der Waals surface area contributed by atoms with Gasteiger partial charge in [-0.25, -0.2) is 4.98 Å². The van der Waals surface area contributed by atoms with Gasteiger partial charge in [-0.2, -0.15) is 5.26 Å². The predicted octanol–water partition coefficient (Wildman–Crippen LogP) is 4.54. The van der Waals surface area contributed by atoms with Crippen molar-refractivity contribution in [3.8, 4) is 6.07 Å². The number of benzene rings is 1. The Morgan fingerprint density at radius 2 is 2.22 bits per heavy atom. The molecule has 0 bridgehead atoms. The number of hydrogen-bond donors (Lipinski definition) is 1. The highest BCUT2D eigenvalue weighted by Crippen LogP contribution is 2.29. The summed E-state index contributed by atoms with van der Waals surface area (Å²) >= 11 is 7.64. The molecule has 0 atom stereocenters. The Kier molecular flexibility index (Phi) is 3.85. The SMILES string of the molecule is CC(C)c1csc(Nc2ccc(C#N)cc2Cl)n1. The number of nitrogens with one attached hydrogen (secondary N) is 1. The van der Waals surface area contributed by atoms with Crippen LogP contribution in [0.15, 0.2) is 23.6 Å². The molecule has 0 saturated carbocycles. The summed E-state index contributed by atoms with van der Waals surface area (Å²) in [7, 11) is 0. The average Bonchev–Trinajstić information content (AvgIpc) is 2.80. The van der Waals surface area contributed by atoms with Crippen molar-refractivity contribution in [3.05, 3.63) is 39.9 Å². The van der Waals surface area contributed by atoms with Crippen molar-refractivity contribution in [1.29, 1.82) is 5.26 Å². The number of aromatic nitrogens is 1. The first-order valence-electron chi connectivity index (χ1n) is 5.52. The van der Waals surface area contributed by atoms with E-state index in [2.05, 4.69) is 30.2 Å². The third-order valence-electron chi connectivity index (χ3n) is 2.45. The van der Waals surface area contributed by atoms with Gasteiger partial charge in [0.2, 0.25) is 0 Å². The molecule has 92 valence electrons. The van der Waals surface area contributed by atoms with Crippen molar-refractivity contribution in [1.82, 2.24) is 4.98 Å². The second-order valence-electron chi connectivity index (χ2n) is 4.16. The lowest BCUT2D eigenvalue weighted by Gasteiger charge is -2.05. The van der Waals surface area contributed by atoms with Crippen LogP contribution in [0.4, 0.5) is 10.8 Å². The number of anilines is 2. The van der Waals surface area contributed by atoms with E-state index in [9.17, 15) is 0 Å². The normalized spacial score (nSPS) is 10.4. The topological polar surface area (TPSA) is 48.7 Å². The maximum atomic E-state index is 8.77. The quantitative estimate of drug-likeness (QED) is 0.896. The van der Waals surface area contributed by atoms with Gasteiger partial charge in [0.15, 0.2) is 5.13 Å². The molecule has 2 rings (SSSR count). The van der Waals surface area contributed by atoms with Crippen LogP contribution in [-0.4, -0.2) is 4.98 Å². The fourth-order valence-electron chi connectivity index (χ4n) is 1.41. The lowest BCUT2D eigenvalue weighted by atomic mass is 10.2. The molecule has 1 aromatic heterocycles. The Balaban J connectivity index is 2.21. The number of hydrogen-bond acceptors (Lipinski definition) is 4. The third kappa shape index (κ3) is 2.81. The first kappa shape index (κ1) is 12.9. The number of nitriles is 1. The second-order valence-corrected chi connectivity index (χ2v) is 5.43. The molecule has 0 fully saturated rings. The molecule has 0 unspecified atom stereocenters. The van der Waals surface area contributed by atoms with Crippen molar-refractivity contribution in [2.45, 2.75) is 19.8 Å². The first-order valence-corrected chi connectivity index (χ1v) is 6.78. The van der Waals surface area contributed by atoms with Gasteiger partial charge in [-0.05, 0) is 24.1 Å². The Hall–Kier alpha value is -1.57. The molecule has 1 heterocycles. The number of rotatable bonds is 3. The van der Waals surface area contributed by atoms with Gasteiger partial charge < -0.3 is 5.32 Å². The molecule has 0 amide bonds. The lowest BCUT2D eigenvalue weighted by Crippen LogP contribution is -1.93. The monoisotopic (exact) mass is 277 g/mol. The fourth-order valence-corrected chi connectivity index (χ4v) is 2.52. The molecule has 3 nitrogen and oxygen atoms in total. The highest BCUT2D eigenvalue weighted by Gasteiger charge is 2.07. The van der Waals surface area contributed by atoms with E-state index in [1.54, 1.807) is 29.5 Å². The van der Waals surface area contributed by atoms with Crippen LogP contribution >= 0.6 is 22.9 Å². The standard InChI is InChI=1S/C13H12ClN3S/c1-8(2)12-7-18-13(17-12)16-11-4-3-9(6-15)5-10(11)14/h3-5,7-8H,1-2H3,(H,16,17). The maximum absolute atomic E-state index is 8.77. The smallest absolute Gasteiger partial charge is 0.187 e. The molecule has 0 aliphatic carbocycles. The molecule has 0 spiro atoms. The lowest BCUT2D eigenvalue weighted by molar-refractivity contribution is 0.834. The largest absolute Gasteiger partial charge is 0.330 e. The van der Waals surface area contributed by atoms with Crippen molar-refractivity contribution >= 4 is 33.8 Å². The van der Waals surface area contributed by atoms with Gasteiger partial charge in [0.25, 0.3) is 0 Å². The minimum Gasteiger partial charge on any atom is -0.330 e. The zero-order valence-corrected chi connectivity index (χ0v) is 11.6. The summed E-state index contributed by atoms with van der Waals surface area (Å²) in [6, 6.07) is 7.21. The average molecular weight is 278 g/mol. The number of nitrogens with zero attached hydrogens (tertiary/aromatic N) is 2. The minimum absolute atomic E-state index is 0.410. The Morgan fingerprint density at radius 3 is 2.78 bits per heavy atom. The fraction of sp³-hybridized carbons (Fsp3) is 0.231. The van der Waals surface area contributed by atoms with Gasteiger partial charge in [-0.3, -0.25) is 0 Å². The molecular formula is C13H12ClN3S. The molecule has 18 heavy (non-hydrogen) atoms. The molecule has 1 aromatic carbocycles. The van der Waals surface area contributed by atoms with Crippen molar-refractivity contribution < 1.29 is 0 Å². The van der Waals surface area contributed by atoms with Gasteiger partial charge in [0.1, 0.15) is 0 Å². The summed E-state index contributed by atoms with van der Waals surface area (Å²) in [6.07, 6.45) is 0. The highest BCUT2D eigenvalue weighted by molar-refractivity contribution is 7.13. The van der Waals surface area contributed by atoms with Gasteiger partial charge in [-0.15, -0.1) is 11.3 Å². The first-order chi connectivity index (χ1) is 8.60. The van der Waals surface area contributed by atoms with Crippen LogP contribution in [0.1, 0.15) is 31.0 Å². The molecule has 0 aliphatic rings. The van der Waals surface area contributed by atoms with E-state index >= 15 is 0 Å². The summed E-state index contributed by atoms with van der Waals surface area (Å²) in [6.45, 7) is 4.21. The minimum atomic E-state index is 0.410. The van der Waals surface area contributed by atoms with Crippen LogP contribution in [0.5, 0.6) is 0 Å². The Labute approximate surface area is 115 Å². The van der Waals surface area contributed by atoms with Crippen molar-refractivity contribution in [2.75, 3.05) is 5.32 Å². The van der Waals surface area contributed by atoms with E-state index < -0.39 is 0 Å². The maximum Gasteiger partial charge on any atom is 0.187 e. The van der Waals surface area contributed by atoms with Crippen LogP contribution in [0.3, 0.4) is 0 Å². The Morgan fingerprint density at radius 1 is 1.44 bits per heavy atom. The zero-order valence-electron chi connectivity index (χ0n) is 10.1. The molecular weight excluding hydrogens is 266 g/mol. The van der Waals surface area contributed by atoms with Crippen molar-refractivity contribution in [2.24, 2.45) is 0 Å². The molecule has 2 aromatic rings. The van der Waals surface area contributed by atoms with Crippen LogP contribution in [0.25, 0.3) is 0 Å². The number of thiazole rings is 1. The van der Waals surface area contributed by atoms with Crippen LogP contribution < -0.4 is 5.32 Å². The second kappa shape index (κ2) is 5.38. The van der Waals surface area contributed by atoms with E-state index in [1.807, 2.05) is 5.38 Å². The van der Waals surface area contributed by atoms with Gasteiger partial charge >= 0.3 is 0 Å². The summed E-state index contributed by atoms with van der Waals surface area (Å²) in [4.78, 5) is 4.47. The van der Waals surface area contributed by atoms with E-state index in [0.717, 1.165) is 16.5 Å². The summed E-state index contributed by atoms with van der Waals surface area (Å²) in [5.74, 6) is 0.410.